The summed E-state index contributed by atoms with van der Waals surface area (Å²) in [5.41, 5.74) is 0. The highest BCUT2D eigenvalue weighted by Gasteiger charge is 1.96. The minimum Gasteiger partial charge on any atom is -0.0654 e. The molecule has 0 saturated carbocycles. The van der Waals surface area contributed by atoms with Gasteiger partial charge < -0.3 is 0 Å². The van der Waals surface area contributed by atoms with E-state index in [1.165, 1.54) is 167 Å². The van der Waals surface area contributed by atoms with Gasteiger partial charge in [0.15, 0.2) is 0 Å². The lowest BCUT2D eigenvalue weighted by Gasteiger charge is -2.04. The number of hydrogen-bond donors (Lipinski definition) is 0. The van der Waals surface area contributed by atoms with Crippen LogP contribution in [0.2, 0.25) is 0 Å². The van der Waals surface area contributed by atoms with Gasteiger partial charge in [-0.15, -0.1) is 0 Å². The quantitative estimate of drug-likeness (QED) is 0.125. The van der Waals surface area contributed by atoms with E-state index in [-0.39, 0.29) is 0 Å². The fraction of sp³-hybridized carbons (Fsp3) is 0.966. The van der Waals surface area contributed by atoms with Gasteiger partial charge in [0.2, 0.25) is 0 Å². The van der Waals surface area contributed by atoms with Crippen molar-refractivity contribution in [1.29, 1.82) is 0 Å². The molecule has 0 aromatic heterocycles. The molecule has 0 N–H and O–H groups in total. The van der Waals surface area contributed by atoms with Crippen LogP contribution in [0.15, 0.2) is 0 Å². The summed E-state index contributed by atoms with van der Waals surface area (Å²) in [6.07, 6.45) is 40.5. The van der Waals surface area contributed by atoms with Crippen LogP contribution in [0.1, 0.15) is 181 Å². The zero-order valence-corrected chi connectivity index (χ0v) is 21.0. The molecule has 0 spiro atoms. The predicted molar refractivity (Wildman–Crippen MR) is 136 cm³/mol. The Bertz CT molecular complexity index is 231. The first-order valence-electron chi connectivity index (χ1n) is 14.2. The van der Waals surface area contributed by atoms with Crippen molar-refractivity contribution in [2.75, 3.05) is 0 Å². The lowest BCUT2D eigenvalue weighted by Crippen LogP contribution is -1.84. The zero-order valence-electron chi connectivity index (χ0n) is 21.0. The van der Waals surface area contributed by atoms with E-state index in [2.05, 4.69) is 20.3 Å². The molecule has 0 saturated heterocycles. The van der Waals surface area contributed by atoms with E-state index in [0.717, 1.165) is 0 Å². The highest BCUT2D eigenvalue weighted by Crippen LogP contribution is 2.15. The molecule has 0 nitrogen and oxygen atoms in total. The van der Waals surface area contributed by atoms with Crippen LogP contribution in [0.4, 0.5) is 0 Å². The third-order valence-electron chi connectivity index (χ3n) is 6.60. The van der Waals surface area contributed by atoms with Gasteiger partial charge in [-0.1, -0.05) is 181 Å². The normalized spacial score (nSPS) is 11.4. The Hall–Kier alpha value is 0. The molecule has 0 bridgehead atoms. The summed E-state index contributed by atoms with van der Waals surface area (Å²) in [6, 6.07) is 0. The van der Waals surface area contributed by atoms with Crippen LogP contribution in [0.25, 0.3) is 0 Å². The van der Waals surface area contributed by atoms with E-state index < -0.39 is 0 Å². The van der Waals surface area contributed by atoms with Crippen molar-refractivity contribution < 1.29 is 0 Å². The largest absolute Gasteiger partial charge is 0.0654 e. The van der Waals surface area contributed by atoms with Gasteiger partial charge >= 0.3 is 0 Å². The summed E-state index contributed by atoms with van der Waals surface area (Å²) < 4.78 is 0. The molecular formula is C29H59. The highest BCUT2D eigenvalue weighted by atomic mass is 14.0. The second kappa shape index (κ2) is 28.0. The topological polar surface area (TPSA) is 0 Å². The first-order chi connectivity index (χ1) is 14.4. The Kier molecular flexibility index (Phi) is 28.0. The lowest BCUT2D eigenvalue weighted by molar-refractivity contribution is 0.516. The van der Waals surface area contributed by atoms with E-state index in [9.17, 15) is 0 Å². The molecule has 0 heteroatoms. The van der Waals surface area contributed by atoms with Crippen molar-refractivity contribution in [1.82, 2.24) is 0 Å². The van der Waals surface area contributed by atoms with E-state index >= 15 is 0 Å². The Morgan fingerprint density at radius 3 is 0.724 bits per heavy atom. The third-order valence-corrected chi connectivity index (χ3v) is 6.60. The minimum absolute atomic E-state index is 1.32. The lowest BCUT2D eigenvalue weighted by atomic mass is 10.0. The molecule has 0 fully saturated rings. The van der Waals surface area contributed by atoms with E-state index in [4.69, 9.17) is 0 Å². The first kappa shape index (κ1) is 29.0. The van der Waals surface area contributed by atoms with Gasteiger partial charge in [-0.3, -0.25) is 0 Å². The molecule has 0 rings (SSSR count). The summed E-state index contributed by atoms with van der Waals surface area (Å²) in [7, 11) is 0. The van der Waals surface area contributed by atoms with Crippen molar-refractivity contribution in [3.8, 4) is 0 Å². The molecule has 0 aliphatic rings. The SMILES string of the molecule is C[CH]CCCCCCCCCCCCCCCCCCCCCCCCCCC. The summed E-state index contributed by atoms with van der Waals surface area (Å²) in [5, 5.41) is 0. The molecule has 0 aliphatic heterocycles. The smallest absolute Gasteiger partial charge is 0.0417 e. The van der Waals surface area contributed by atoms with Crippen molar-refractivity contribution in [3.05, 3.63) is 6.42 Å². The summed E-state index contributed by atoms with van der Waals surface area (Å²) in [4.78, 5) is 0. The van der Waals surface area contributed by atoms with E-state index in [1.54, 1.807) is 0 Å². The first-order valence-corrected chi connectivity index (χ1v) is 14.2. The Labute approximate surface area is 187 Å². The average molecular weight is 408 g/mol. The summed E-state index contributed by atoms with van der Waals surface area (Å²) in [5.74, 6) is 0. The fourth-order valence-corrected chi connectivity index (χ4v) is 4.49. The second-order valence-electron chi connectivity index (χ2n) is 9.68. The summed E-state index contributed by atoms with van der Waals surface area (Å²) >= 11 is 0. The predicted octanol–water partition coefficient (Wildman–Crippen LogP) is 11.4. The standard InChI is InChI=1S/C29H59/c1-3-5-7-9-11-13-15-17-19-21-23-25-27-29-28-26-24-22-20-18-16-14-12-10-8-6-4-2/h3H,4-29H2,1-2H3. The molecule has 175 valence electrons. The van der Waals surface area contributed by atoms with Crippen LogP contribution in [-0.2, 0) is 0 Å². The maximum atomic E-state index is 2.30. The molecule has 0 unspecified atom stereocenters. The molecule has 0 amide bonds. The van der Waals surface area contributed by atoms with Crippen molar-refractivity contribution in [2.24, 2.45) is 0 Å². The van der Waals surface area contributed by atoms with Gasteiger partial charge in [-0.2, -0.15) is 0 Å². The Balaban J connectivity index is 2.97. The molecule has 29 heavy (non-hydrogen) atoms. The number of rotatable bonds is 26. The minimum atomic E-state index is 1.32. The van der Waals surface area contributed by atoms with Gasteiger partial charge in [0.25, 0.3) is 0 Å². The molecular weight excluding hydrogens is 348 g/mol. The van der Waals surface area contributed by atoms with Gasteiger partial charge in [0.1, 0.15) is 0 Å². The molecule has 0 heterocycles. The molecule has 0 aromatic carbocycles. The third kappa shape index (κ3) is 28.0. The van der Waals surface area contributed by atoms with Crippen LogP contribution in [0.3, 0.4) is 0 Å². The summed E-state index contributed by atoms with van der Waals surface area (Å²) in [6.45, 7) is 4.48. The van der Waals surface area contributed by atoms with Crippen LogP contribution >= 0.6 is 0 Å². The van der Waals surface area contributed by atoms with Crippen LogP contribution in [-0.4, -0.2) is 0 Å². The van der Waals surface area contributed by atoms with Gasteiger partial charge in [0.05, 0.1) is 0 Å². The van der Waals surface area contributed by atoms with Gasteiger partial charge in [0, 0.05) is 0 Å². The maximum Gasteiger partial charge on any atom is -0.0417 e. The second-order valence-corrected chi connectivity index (χ2v) is 9.68. The fourth-order valence-electron chi connectivity index (χ4n) is 4.49. The highest BCUT2D eigenvalue weighted by molar-refractivity contribution is 4.56. The Morgan fingerprint density at radius 2 is 0.517 bits per heavy atom. The molecule has 0 aromatic rings. The van der Waals surface area contributed by atoms with E-state index in [0.29, 0.717) is 0 Å². The van der Waals surface area contributed by atoms with Crippen LogP contribution < -0.4 is 0 Å². The average Bonchev–Trinajstić information content (AvgIpc) is 2.74. The zero-order chi connectivity index (χ0) is 21.1. The molecule has 0 aliphatic carbocycles. The molecule has 1 radical (unpaired) electrons. The van der Waals surface area contributed by atoms with Gasteiger partial charge in [-0.05, 0) is 6.42 Å². The van der Waals surface area contributed by atoms with Crippen LogP contribution in [0.5, 0.6) is 0 Å². The maximum absolute atomic E-state index is 2.30. The van der Waals surface area contributed by atoms with E-state index in [1.807, 2.05) is 0 Å². The van der Waals surface area contributed by atoms with Crippen molar-refractivity contribution in [3.63, 3.8) is 0 Å². The Morgan fingerprint density at radius 1 is 0.310 bits per heavy atom. The number of unbranched alkanes of at least 4 members (excludes halogenated alkanes) is 26. The monoisotopic (exact) mass is 407 g/mol. The van der Waals surface area contributed by atoms with Gasteiger partial charge in [-0.25, -0.2) is 0 Å². The number of hydrogen-bond acceptors (Lipinski definition) is 0. The van der Waals surface area contributed by atoms with Crippen LogP contribution in [0, 0.1) is 6.42 Å². The van der Waals surface area contributed by atoms with Crippen molar-refractivity contribution in [2.45, 2.75) is 181 Å². The molecule has 0 atom stereocenters. The van der Waals surface area contributed by atoms with Crippen molar-refractivity contribution >= 4 is 0 Å².